The van der Waals surface area contributed by atoms with E-state index in [9.17, 15) is 5.11 Å². The summed E-state index contributed by atoms with van der Waals surface area (Å²) in [6, 6.07) is 11.3. The zero-order valence-electron chi connectivity index (χ0n) is 12.4. The van der Waals surface area contributed by atoms with E-state index in [0.717, 1.165) is 11.3 Å². The number of hydrogen-bond acceptors (Lipinski definition) is 7. The number of benzene rings is 1. The lowest BCUT2D eigenvalue weighted by atomic mass is 10.3. The fourth-order valence-corrected chi connectivity index (χ4v) is 2.58. The van der Waals surface area contributed by atoms with Gasteiger partial charge in [-0.1, -0.05) is 23.4 Å². The normalized spacial score (nSPS) is 12.2. The summed E-state index contributed by atoms with van der Waals surface area (Å²) < 4.78 is 10.7. The summed E-state index contributed by atoms with van der Waals surface area (Å²) in [6.07, 6.45) is -0.616. The fraction of sp³-hybridized carbons (Fsp3) is 0.250. The summed E-state index contributed by atoms with van der Waals surface area (Å²) in [5.41, 5.74) is 0.946. The highest BCUT2D eigenvalue weighted by Gasteiger charge is 2.10. The van der Waals surface area contributed by atoms with Gasteiger partial charge in [0.2, 0.25) is 11.7 Å². The van der Waals surface area contributed by atoms with Gasteiger partial charge in [-0.05, 0) is 23.6 Å². The van der Waals surface area contributed by atoms with Gasteiger partial charge < -0.3 is 19.7 Å². The number of thiophene rings is 1. The van der Waals surface area contributed by atoms with Crippen LogP contribution in [0.4, 0.5) is 0 Å². The Bertz CT molecular complexity index is 700. The van der Waals surface area contributed by atoms with E-state index in [0.29, 0.717) is 24.8 Å². The van der Waals surface area contributed by atoms with E-state index in [1.54, 1.807) is 11.3 Å². The third-order valence-corrected chi connectivity index (χ3v) is 3.77. The molecule has 3 aromatic rings. The van der Waals surface area contributed by atoms with Gasteiger partial charge in [0.1, 0.15) is 18.5 Å². The van der Waals surface area contributed by atoms with Crippen LogP contribution in [0.2, 0.25) is 0 Å². The van der Waals surface area contributed by atoms with Crippen molar-refractivity contribution in [3.05, 3.63) is 53.0 Å². The van der Waals surface area contributed by atoms with Crippen molar-refractivity contribution < 1.29 is 14.4 Å². The molecule has 0 aliphatic heterocycles. The van der Waals surface area contributed by atoms with Crippen LogP contribution in [-0.2, 0) is 6.54 Å². The number of aliphatic hydroxyl groups excluding tert-OH is 1. The van der Waals surface area contributed by atoms with Gasteiger partial charge in [-0.25, -0.2) is 0 Å². The van der Waals surface area contributed by atoms with Crippen LogP contribution in [0, 0.1) is 0 Å². The minimum atomic E-state index is -0.616. The van der Waals surface area contributed by atoms with Crippen molar-refractivity contribution in [2.45, 2.75) is 12.6 Å². The van der Waals surface area contributed by atoms with E-state index in [1.807, 2.05) is 47.2 Å². The fourth-order valence-electron chi connectivity index (χ4n) is 1.95. The number of aliphatic hydroxyl groups is 1. The van der Waals surface area contributed by atoms with Gasteiger partial charge in [-0.15, -0.1) is 0 Å². The first kappa shape index (κ1) is 15.7. The van der Waals surface area contributed by atoms with E-state index in [-0.39, 0.29) is 6.61 Å². The van der Waals surface area contributed by atoms with E-state index in [2.05, 4.69) is 15.5 Å². The molecule has 2 N–H and O–H groups in total. The number of aromatic nitrogens is 2. The molecule has 1 aromatic carbocycles. The number of para-hydroxylation sites is 1. The molecule has 0 radical (unpaired) electrons. The first-order chi connectivity index (χ1) is 11.3. The molecule has 23 heavy (non-hydrogen) atoms. The van der Waals surface area contributed by atoms with Gasteiger partial charge in [0, 0.05) is 17.5 Å². The van der Waals surface area contributed by atoms with Crippen LogP contribution in [0.25, 0.3) is 11.4 Å². The third kappa shape index (κ3) is 4.62. The van der Waals surface area contributed by atoms with Crippen molar-refractivity contribution in [2.24, 2.45) is 0 Å². The molecule has 1 atom stereocenters. The van der Waals surface area contributed by atoms with Crippen molar-refractivity contribution in [3.63, 3.8) is 0 Å². The molecule has 0 unspecified atom stereocenters. The van der Waals surface area contributed by atoms with Crippen molar-refractivity contribution in [3.8, 4) is 17.1 Å². The molecule has 0 spiro atoms. The Morgan fingerprint density at radius 1 is 1.26 bits per heavy atom. The van der Waals surface area contributed by atoms with Crippen LogP contribution < -0.4 is 10.1 Å². The molecular weight excluding hydrogens is 314 g/mol. The van der Waals surface area contributed by atoms with Crippen molar-refractivity contribution in [2.75, 3.05) is 13.2 Å². The minimum Gasteiger partial charge on any atom is -0.491 e. The summed E-state index contributed by atoms with van der Waals surface area (Å²) in [5.74, 6) is 1.81. The standard InChI is InChI=1S/C16H17N3O3S/c20-13(10-21-14-4-2-1-3-5-14)8-17-9-15-18-16(19-22-15)12-6-7-23-11-12/h1-7,11,13,17,20H,8-10H2/t13-/m1/s1. The molecule has 2 aromatic heterocycles. The topological polar surface area (TPSA) is 80.4 Å². The first-order valence-electron chi connectivity index (χ1n) is 7.23. The predicted octanol–water partition coefficient (Wildman–Crippen LogP) is 2.33. The lowest BCUT2D eigenvalue weighted by Gasteiger charge is -2.12. The summed E-state index contributed by atoms with van der Waals surface area (Å²) in [4.78, 5) is 4.30. The number of hydrogen-bond donors (Lipinski definition) is 2. The Hall–Kier alpha value is -2.22. The van der Waals surface area contributed by atoms with E-state index in [4.69, 9.17) is 9.26 Å². The van der Waals surface area contributed by atoms with Crippen LogP contribution >= 0.6 is 11.3 Å². The second-order valence-electron chi connectivity index (χ2n) is 4.93. The molecular formula is C16H17N3O3S. The molecule has 3 rings (SSSR count). The molecule has 0 aliphatic rings. The van der Waals surface area contributed by atoms with Crippen molar-refractivity contribution >= 4 is 11.3 Å². The number of nitrogens with one attached hydrogen (secondary N) is 1. The molecule has 0 bridgehead atoms. The van der Waals surface area contributed by atoms with Gasteiger partial charge in [0.15, 0.2) is 0 Å². The van der Waals surface area contributed by atoms with Crippen LogP contribution in [0.15, 0.2) is 51.7 Å². The smallest absolute Gasteiger partial charge is 0.240 e. The Labute approximate surface area is 137 Å². The van der Waals surface area contributed by atoms with Gasteiger partial charge in [-0.3, -0.25) is 0 Å². The Morgan fingerprint density at radius 3 is 2.91 bits per heavy atom. The SMILES string of the molecule is O[C@H](CNCc1nc(-c2ccsc2)no1)COc1ccccc1. The quantitative estimate of drug-likeness (QED) is 0.659. The number of rotatable bonds is 8. The van der Waals surface area contributed by atoms with Gasteiger partial charge >= 0.3 is 0 Å². The lowest BCUT2D eigenvalue weighted by Crippen LogP contribution is -2.31. The number of nitrogens with zero attached hydrogens (tertiary/aromatic N) is 2. The molecule has 0 amide bonds. The maximum Gasteiger partial charge on any atom is 0.240 e. The third-order valence-electron chi connectivity index (χ3n) is 3.09. The van der Waals surface area contributed by atoms with Gasteiger partial charge in [0.25, 0.3) is 0 Å². The van der Waals surface area contributed by atoms with Gasteiger partial charge in [0.05, 0.1) is 6.54 Å². The van der Waals surface area contributed by atoms with Crippen LogP contribution in [-0.4, -0.2) is 34.5 Å². The number of ether oxygens (including phenoxy) is 1. The largest absolute Gasteiger partial charge is 0.491 e. The second-order valence-corrected chi connectivity index (χ2v) is 5.71. The van der Waals surface area contributed by atoms with Gasteiger partial charge in [-0.2, -0.15) is 16.3 Å². The highest BCUT2D eigenvalue weighted by molar-refractivity contribution is 7.08. The monoisotopic (exact) mass is 331 g/mol. The van der Waals surface area contributed by atoms with Crippen LogP contribution in [0.3, 0.4) is 0 Å². The molecule has 0 saturated heterocycles. The highest BCUT2D eigenvalue weighted by Crippen LogP contribution is 2.18. The maximum atomic E-state index is 9.89. The molecule has 120 valence electrons. The molecule has 0 saturated carbocycles. The summed E-state index contributed by atoms with van der Waals surface area (Å²) >= 11 is 1.58. The Balaban J connectivity index is 1.39. The second kappa shape index (κ2) is 7.87. The lowest BCUT2D eigenvalue weighted by molar-refractivity contribution is 0.105. The average molecular weight is 331 g/mol. The Kier molecular flexibility index (Phi) is 5.36. The van der Waals surface area contributed by atoms with E-state index < -0.39 is 6.10 Å². The molecule has 7 heteroatoms. The predicted molar refractivity (Wildman–Crippen MR) is 87.3 cm³/mol. The zero-order valence-corrected chi connectivity index (χ0v) is 13.2. The van der Waals surface area contributed by atoms with E-state index >= 15 is 0 Å². The summed E-state index contributed by atoms with van der Waals surface area (Å²) in [6.45, 7) is 1.00. The summed E-state index contributed by atoms with van der Waals surface area (Å²) in [7, 11) is 0. The first-order valence-corrected chi connectivity index (χ1v) is 8.17. The van der Waals surface area contributed by atoms with Crippen LogP contribution in [0.5, 0.6) is 5.75 Å². The van der Waals surface area contributed by atoms with Crippen molar-refractivity contribution in [1.82, 2.24) is 15.5 Å². The molecule has 6 nitrogen and oxygen atoms in total. The molecule has 0 fully saturated rings. The van der Waals surface area contributed by atoms with Crippen molar-refractivity contribution in [1.29, 1.82) is 0 Å². The molecule has 0 aliphatic carbocycles. The summed E-state index contributed by atoms with van der Waals surface area (Å²) in [5, 5.41) is 20.8. The Morgan fingerprint density at radius 2 is 2.13 bits per heavy atom. The van der Waals surface area contributed by atoms with Crippen LogP contribution in [0.1, 0.15) is 5.89 Å². The zero-order chi connectivity index (χ0) is 15.9. The molecule has 2 heterocycles. The van der Waals surface area contributed by atoms with E-state index in [1.165, 1.54) is 0 Å². The highest BCUT2D eigenvalue weighted by atomic mass is 32.1. The minimum absolute atomic E-state index is 0.223. The average Bonchev–Trinajstić information content (AvgIpc) is 3.25. The maximum absolute atomic E-state index is 9.89.